The molecule has 25 heavy (non-hydrogen) atoms. The number of aryl methyl sites for hydroxylation is 1. The fraction of sp³-hybridized carbons (Fsp3) is 0.333. The molecule has 1 unspecified atom stereocenters. The van der Waals surface area contributed by atoms with Crippen LogP contribution in [0.15, 0.2) is 72.5 Å². The highest BCUT2D eigenvalue weighted by Crippen LogP contribution is 2.34. The summed E-state index contributed by atoms with van der Waals surface area (Å²) in [4.78, 5) is 2.33. The average molecular weight is 332 g/mol. The number of likely N-dealkylation sites (N-methyl/N-ethyl adjacent to an activating group) is 1. The number of nitrogens with zero attached hydrogens (tertiary/aromatic N) is 1. The third kappa shape index (κ3) is 4.04. The van der Waals surface area contributed by atoms with Crippen molar-refractivity contribution in [1.82, 2.24) is 4.90 Å². The van der Waals surface area contributed by atoms with E-state index in [2.05, 4.69) is 99.6 Å². The maximum Gasteiger partial charge on any atom is 0.0726 e. The minimum Gasteiger partial charge on any atom is -0.370 e. The first-order chi connectivity index (χ1) is 12.1. The van der Waals surface area contributed by atoms with Crippen molar-refractivity contribution >= 4 is 0 Å². The SMILES string of the molecule is CCc1ccc(-c2ccccc2)cc1C1C=C(CC(C)C)C=CN1C. The van der Waals surface area contributed by atoms with E-state index in [1.807, 2.05) is 0 Å². The van der Waals surface area contributed by atoms with Gasteiger partial charge in [0.05, 0.1) is 6.04 Å². The van der Waals surface area contributed by atoms with Crippen LogP contribution in [-0.2, 0) is 6.42 Å². The fourth-order valence-corrected chi connectivity index (χ4v) is 3.60. The molecule has 2 aromatic carbocycles. The zero-order valence-electron chi connectivity index (χ0n) is 15.9. The van der Waals surface area contributed by atoms with Gasteiger partial charge in [0, 0.05) is 7.05 Å². The molecule has 0 amide bonds. The molecule has 1 nitrogen and oxygen atoms in total. The summed E-state index contributed by atoms with van der Waals surface area (Å²) in [6.45, 7) is 6.82. The predicted molar refractivity (Wildman–Crippen MR) is 108 cm³/mol. The van der Waals surface area contributed by atoms with Gasteiger partial charge in [0.1, 0.15) is 0 Å². The van der Waals surface area contributed by atoms with Crippen LogP contribution in [0.4, 0.5) is 0 Å². The van der Waals surface area contributed by atoms with Gasteiger partial charge >= 0.3 is 0 Å². The van der Waals surface area contributed by atoms with E-state index in [1.54, 1.807) is 0 Å². The topological polar surface area (TPSA) is 3.24 Å². The summed E-state index contributed by atoms with van der Waals surface area (Å²) in [5.41, 5.74) is 6.90. The standard InChI is InChI=1S/C24H29N/c1-5-20-11-12-22(21-9-7-6-8-10-21)17-23(20)24-16-19(15-18(2)3)13-14-25(24)4/h6-14,16-18,24H,5,15H2,1-4H3. The first kappa shape index (κ1) is 17.5. The maximum atomic E-state index is 2.45. The number of benzene rings is 2. The van der Waals surface area contributed by atoms with Crippen LogP contribution in [0.25, 0.3) is 11.1 Å². The minimum absolute atomic E-state index is 0.317. The van der Waals surface area contributed by atoms with Crippen LogP contribution < -0.4 is 0 Å². The van der Waals surface area contributed by atoms with Crippen molar-refractivity contribution in [3.63, 3.8) is 0 Å². The number of hydrogen-bond donors (Lipinski definition) is 0. The van der Waals surface area contributed by atoms with Gasteiger partial charge in [0.25, 0.3) is 0 Å². The van der Waals surface area contributed by atoms with Gasteiger partial charge in [-0.1, -0.05) is 69.3 Å². The van der Waals surface area contributed by atoms with Crippen molar-refractivity contribution in [2.24, 2.45) is 5.92 Å². The largest absolute Gasteiger partial charge is 0.370 e. The van der Waals surface area contributed by atoms with E-state index >= 15 is 0 Å². The quantitative estimate of drug-likeness (QED) is 0.613. The Morgan fingerprint density at radius 2 is 1.76 bits per heavy atom. The molecule has 0 N–H and O–H groups in total. The average Bonchev–Trinajstić information content (AvgIpc) is 2.63. The summed E-state index contributed by atoms with van der Waals surface area (Å²) in [6, 6.07) is 17.9. The number of allylic oxidation sites excluding steroid dienone is 2. The van der Waals surface area contributed by atoms with Gasteiger partial charge in [-0.05, 0) is 64.9 Å². The Balaban J connectivity index is 2.02. The summed E-state index contributed by atoms with van der Waals surface area (Å²) in [5.74, 6) is 0.682. The molecule has 2 aromatic rings. The summed E-state index contributed by atoms with van der Waals surface area (Å²) in [5, 5.41) is 0. The minimum atomic E-state index is 0.317. The van der Waals surface area contributed by atoms with Gasteiger partial charge in [-0.25, -0.2) is 0 Å². The zero-order chi connectivity index (χ0) is 17.8. The van der Waals surface area contributed by atoms with Gasteiger partial charge in [-0.2, -0.15) is 0 Å². The third-order valence-corrected chi connectivity index (χ3v) is 4.93. The van der Waals surface area contributed by atoms with Crippen LogP contribution >= 0.6 is 0 Å². The molecule has 1 aliphatic heterocycles. The molecule has 0 saturated heterocycles. The fourth-order valence-electron chi connectivity index (χ4n) is 3.60. The predicted octanol–water partition coefficient (Wildman–Crippen LogP) is 6.39. The van der Waals surface area contributed by atoms with Crippen molar-refractivity contribution in [2.45, 2.75) is 39.7 Å². The van der Waals surface area contributed by atoms with Crippen molar-refractivity contribution in [2.75, 3.05) is 7.05 Å². The van der Waals surface area contributed by atoms with E-state index in [0.29, 0.717) is 12.0 Å². The normalized spacial score (nSPS) is 17.1. The highest BCUT2D eigenvalue weighted by Gasteiger charge is 2.20. The Bertz CT molecular complexity index is 768. The number of hydrogen-bond acceptors (Lipinski definition) is 1. The summed E-state index contributed by atoms with van der Waals surface area (Å²) < 4.78 is 0. The third-order valence-electron chi connectivity index (χ3n) is 4.93. The molecular weight excluding hydrogens is 302 g/mol. The lowest BCUT2D eigenvalue weighted by Gasteiger charge is -2.31. The summed E-state index contributed by atoms with van der Waals surface area (Å²) >= 11 is 0. The second-order valence-electron chi connectivity index (χ2n) is 7.40. The lowest BCUT2D eigenvalue weighted by atomic mass is 9.89. The molecule has 3 rings (SSSR count). The first-order valence-electron chi connectivity index (χ1n) is 9.37. The molecule has 0 bridgehead atoms. The van der Waals surface area contributed by atoms with Gasteiger partial charge in [0.2, 0.25) is 0 Å². The van der Waals surface area contributed by atoms with Crippen LogP contribution in [0.1, 0.15) is 44.4 Å². The van der Waals surface area contributed by atoms with E-state index in [4.69, 9.17) is 0 Å². The monoisotopic (exact) mass is 331 g/mol. The lowest BCUT2D eigenvalue weighted by Crippen LogP contribution is -2.21. The molecule has 0 saturated carbocycles. The molecular formula is C24H29N. The van der Waals surface area contributed by atoms with E-state index in [-0.39, 0.29) is 0 Å². The van der Waals surface area contributed by atoms with Gasteiger partial charge < -0.3 is 4.90 Å². The van der Waals surface area contributed by atoms with Crippen molar-refractivity contribution in [3.8, 4) is 11.1 Å². The van der Waals surface area contributed by atoms with Crippen LogP contribution in [0, 0.1) is 5.92 Å². The van der Waals surface area contributed by atoms with Gasteiger partial charge in [-0.3, -0.25) is 0 Å². The van der Waals surface area contributed by atoms with Crippen LogP contribution in [0.3, 0.4) is 0 Å². The van der Waals surface area contributed by atoms with E-state index < -0.39 is 0 Å². The highest BCUT2D eigenvalue weighted by molar-refractivity contribution is 5.65. The Hall–Kier alpha value is -2.28. The van der Waals surface area contributed by atoms with Crippen molar-refractivity contribution < 1.29 is 0 Å². The highest BCUT2D eigenvalue weighted by atomic mass is 15.1. The zero-order valence-corrected chi connectivity index (χ0v) is 15.9. The molecule has 0 fully saturated rings. The summed E-state index contributed by atoms with van der Waals surface area (Å²) in [7, 11) is 2.18. The molecule has 0 aliphatic carbocycles. The van der Waals surface area contributed by atoms with Crippen molar-refractivity contribution in [3.05, 3.63) is 83.6 Å². The summed E-state index contributed by atoms with van der Waals surface area (Å²) in [6.07, 6.45) is 9.15. The maximum absolute atomic E-state index is 2.45. The Labute approximate surface area is 152 Å². The smallest absolute Gasteiger partial charge is 0.0726 e. The van der Waals surface area contributed by atoms with Gasteiger partial charge in [-0.15, -0.1) is 0 Å². The Kier molecular flexibility index (Phi) is 5.43. The van der Waals surface area contributed by atoms with Crippen LogP contribution in [-0.4, -0.2) is 11.9 Å². The molecule has 0 radical (unpaired) electrons. The second kappa shape index (κ2) is 7.74. The van der Waals surface area contributed by atoms with E-state index in [1.165, 1.54) is 27.8 Å². The molecule has 1 aliphatic rings. The van der Waals surface area contributed by atoms with Crippen LogP contribution in [0.2, 0.25) is 0 Å². The second-order valence-corrected chi connectivity index (χ2v) is 7.40. The number of rotatable bonds is 5. The lowest BCUT2D eigenvalue weighted by molar-refractivity contribution is 0.383. The molecule has 1 heterocycles. The molecule has 130 valence electrons. The van der Waals surface area contributed by atoms with E-state index in [0.717, 1.165) is 12.8 Å². The Morgan fingerprint density at radius 1 is 1.00 bits per heavy atom. The molecule has 0 aromatic heterocycles. The Morgan fingerprint density at radius 3 is 2.44 bits per heavy atom. The van der Waals surface area contributed by atoms with E-state index in [9.17, 15) is 0 Å². The van der Waals surface area contributed by atoms with Crippen molar-refractivity contribution in [1.29, 1.82) is 0 Å². The molecule has 1 heteroatoms. The van der Waals surface area contributed by atoms with Crippen LogP contribution in [0.5, 0.6) is 0 Å². The van der Waals surface area contributed by atoms with Gasteiger partial charge in [0.15, 0.2) is 0 Å². The first-order valence-corrected chi connectivity index (χ1v) is 9.37. The molecule has 1 atom stereocenters. The molecule has 0 spiro atoms.